The first kappa shape index (κ1) is 12.0. The van der Waals surface area contributed by atoms with Gasteiger partial charge in [-0.3, -0.25) is 4.68 Å². The van der Waals surface area contributed by atoms with E-state index in [0.29, 0.717) is 0 Å². The standard InChI is InChI=1S/C18H14N2O/c1-2-7-14(8-3-1)13-20-16-10-5-4-9-15(16)18(19-20)17-11-6-12-21-17/h1-12H,13H2. The van der Waals surface area contributed by atoms with Gasteiger partial charge in [0.25, 0.3) is 0 Å². The second-order valence-corrected chi connectivity index (χ2v) is 4.99. The molecule has 0 aliphatic heterocycles. The van der Waals surface area contributed by atoms with Crippen LogP contribution in [0, 0.1) is 0 Å². The molecule has 0 N–H and O–H groups in total. The molecule has 3 heteroatoms. The van der Waals surface area contributed by atoms with Crippen molar-refractivity contribution in [3.05, 3.63) is 78.6 Å². The Morgan fingerprint density at radius 3 is 2.48 bits per heavy atom. The van der Waals surface area contributed by atoms with Crippen LogP contribution in [0.4, 0.5) is 0 Å². The van der Waals surface area contributed by atoms with Crippen LogP contribution in [-0.2, 0) is 6.54 Å². The van der Waals surface area contributed by atoms with Gasteiger partial charge in [0.15, 0.2) is 5.76 Å². The zero-order valence-corrected chi connectivity index (χ0v) is 11.4. The molecule has 4 rings (SSSR count). The highest BCUT2D eigenvalue weighted by molar-refractivity contribution is 5.92. The molecule has 3 nitrogen and oxygen atoms in total. The number of aromatic nitrogens is 2. The van der Waals surface area contributed by atoms with Crippen LogP contribution in [0.25, 0.3) is 22.4 Å². The minimum Gasteiger partial charge on any atom is -0.463 e. The molecule has 21 heavy (non-hydrogen) atoms. The molecule has 2 aromatic heterocycles. The van der Waals surface area contributed by atoms with Gasteiger partial charge in [-0.05, 0) is 23.8 Å². The summed E-state index contributed by atoms with van der Waals surface area (Å²) in [5, 5.41) is 5.86. The van der Waals surface area contributed by atoms with Gasteiger partial charge in [-0.15, -0.1) is 0 Å². The maximum atomic E-state index is 5.52. The van der Waals surface area contributed by atoms with Crippen LogP contribution in [-0.4, -0.2) is 9.78 Å². The lowest BCUT2D eigenvalue weighted by atomic mass is 10.2. The van der Waals surface area contributed by atoms with Crippen LogP contribution in [0.5, 0.6) is 0 Å². The van der Waals surface area contributed by atoms with Crippen molar-refractivity contribution in [3.8, 4) is 11.5 Å². The SMILES string of the molecule is c1ccc(Cn2nc(-c3ccco3)c3ccccc32)cc1. The number of hydrogen-bond acceptors (Lipinski definition) is 2. The van der Waals surface area contributed by atoms with E-state index in [0.717, 1.165) is 28.9 Å². The van der Waals surface area contributed by atoms with Gasteiger partial charge in [-0.1, -0.05) is 48.5 Å². The first-order valence-electron chi connectivity index (χ1n) is 6.95. The van der Waals surface area contributed by atoms with Crippen LogP contribution in [0.15, 0.2) is 77.4 Å². The fourth-order valence-electron chi connectivity index (χ4n) is 2.60. The Morgan fingerprint density at radius 2 is 1.67 bits per heavy atom. The van der Waals surface area contributed by atoms with E-state index in [1.54, 1.807) is 6.26 Å². The summed E-state index contributed by atoms with van der Waals surface area (Å²) < 4.78 is 7.55. The molecule has 0 amide bonds. The van der Waals surface area contributed by atoms with Crippen LogP contribution in [0.1, 0.15) is 5.56 Å². The minimum atomic E-state index is 0.752. The zero-order chi connectivity index (χ0) is 14.1. The van der Waals surface area contributed by atoms with E-state index in [9.17, 15) is 0 Å². The van der Waals surface area contributed by atoms with Gasteiger partial charge in [-0.2, -0.15) is 5.10 Å². The fraction of sp³-hybridized carbons (Fsp3) is 0.0556. The van der Waals surface area contributed by atoms with E-state index in [4.69, 9.17) is 9.52 Å². The number of rotatable bonds is 3. The second-order valence-electron chi connectivity index (χ2n) is 4.99. The summed E-state index contributed by atoms with van der Waals surface area (Å²) in [7, 11) is 0. The molecule has 4 aromatic rings. The zero-order valence-electron chi connectivity index (χ0n) is 11.4. The van der Waals surface area contributed by atoms with Crippen molar-refractivity contribution in [3.63, 3.8) is 0 Å². The molecule has 0 spiro atoms. The van der Waals surface area contributed by atoms with E-state index in [-0.39, 0.29) is 0 Å². The molecule has 0 unspecified atom stereocenters. The summed E-state index contributed by atoms with van der Waals surface area (Å²) in [6.07, 6.45) is 1.68. The van der Waals surface area contributed by atoms with Gasteiger partial charge < -0.3 is 4.42 Å². The predicted molar refractivity (Wildman–Crippen MR) is 83.0 cm³/mol. The summed E-state index contributed by atoms with van der Waals surface area (Å²) >= 11 is 0. The Morgan fingerprint density at radius 1 is 0.857 bits per heavy atom. The van der Waals surface area contributed by atoms with E-state index < -0.39 is 0 Å². The van der Waals surface area contributed by atoms with Crippen molar-refractivity contribution in [1.82, 2.24) is 9.78 Å². The lowest BCUT2D eigenvalue weighted by Crippen LogP contribution is -2.01. The molecule has 0 bridgehead atoms. The lowest BCUT2D eigenvalue weighted by Gasteiger charge is -2.03. The van der Waals surface area contributed by atoms with Crippen LogP contribution < -0.4 is 0 Å². The Bertz CT molecular complexity index is 861. The molecule has 0 fully saturated rings. The summed E-state index contributed by atoms with van der Waals surface area (Å²) in [6, 6.07) is 22.4. The lowest BCUT2D eigenvalue weighted by molar-refractivity contribution is 0.577. The first-order valence-corrected chi connectivity index (χ1v) is 6.95. The van der Waals surface area contributed by atoms with Crippen molar-refractivity contribution in [2.45, 2.75) is 6.54 Å². The summed E-state index contributed by atoms with van der Waals surface area (Å²) in [5.41, 5.74) is 3.25. The molecule has 0 radical (unpaired) electrons. The average Bonchev–Trinajstić information content (AvgIpc) is 3.17. The molecule has 0 saturated carbocycles. The third-order valence-electron chi connectivity index (χ3n) is 3.59. The fourth-order valence-corrected chi connectivity index (χ4v) is 2.60. The number of nitrogens with zero attached hydrogens (tertiary/aromatic N) is 2. The maximum absolute atomic E-state index is 5.52. The van der Waals surface area contributed by atoms with Gasteiger partial charge in [-0.25, -0.2) is 0 Å². The molecular formula is C18H14N2O. The summed E-state index contributed by atoms with van der Waals surface area (Å²) in [4.78, 5) is 0. The molecular weight excluding hydrogens is 260 g/mol. The van der Waals surface area contributed by atoms with Crippen molar-refractivity contribution in [2.75, 3.05) is 0 Å². The van der Waals surface area contributed by atoms with Crippen LogP contribution in [0.3, 0.4) is 0 Å². The highest BCUT2D eigenvalue weighted by Crippen LogP contribution is 2.28. The normalized spacial score (nSPS) is 11.0. The predicted octanol–water partition coefficient (Wildman–Crippen LogP) is 4.34. The quantitative estimate of drug-likeness (QED) is 0.556. The summed E-state index contributed by atoms with van der Waals surface area (Å²) in [5.74, 6) is 0.804. The van der Waals surface area contributed by atoms with Gasteiger partial charge >= 0.3 is 0 Å². The summed E-state index contributed by atoms with van der Waals surface area (Å²) in [6.45, 7) is 0.752. The van der Waals surface area contributed by atoms with Crippen molar-refractivity contribution < 1.29 is 4.42 Å². The largest absolute Gasteiger partial charge is 0.463 e. The second kappa shape index (κ2) is 4.94. The Labute approximate surface area is 122 Å². The molecule has 0 aliphatic rings. The highest BCUT2D eigenvalue weighted by Gasteiger charge is 2.13. The number of para-hydroxylation sites is 1. The van der Waals surface area contributed by atoms with Crippen LogP contribution in [0.2, 0.25) is 0 Å². The number of benzene rings is 2. The molecule has 0 atom stereocenters. The minimum absolute atomic E-state index is 0.752. The van der Waals surface area contributed by atoms with E-state index >= 15 is 0 Å². The number of furan rings is 1. The van der Waals surface area contributed by atoms with E-state index in [1.807, 2.05) is 35.0 Å². The van der Waals surface area contributed by atoms with E-state index in [1.165, 1.54) is 5.56 Å². The monoisotopic (exact) mass is 274 g/mol. The number of fused-ring (bicyclic) bond motifs is 1. The van der Waals surface area contributed by atoms with Crippen molar-refractivity contribution >= 4 is 10.9 Å². The maximum Gasteiger partial charge on any atom is 0.154 e. The molecule has 2 aromatic carbocycles. The first-order chi connectivity index (χ1) is 10.4. The van der Waals surface area contributed by atoms with Crippen LogP contribution >= 0.6 is 0 Å². The third kappa shape index (κ3) is 2.13. The van der Waals surface area contributed by atoms with Crippen molar-refractivity contribution in [1.29, 1.82) is 0 Å². The molecule has 102 valence electrons. The number of hydrogen-bond donors (Lipinski definition) is 0. The topological polar surface area (TPSA) is 31.0 Å². The van der Waals surface area contributed by atoms with Gasteiger partial charge in [0.2, 0.25) is 0 Å². The molecule has 0 saturated heterocycles. The van der Waals surface area contributed by atoms with Gasteiger partial charge in [0.05, 0.1) is 18.3 Å². The Balaban J connectivity index is 1.86. The molecule has 2 heterocycles. The van der Waals surface area contributed by atoms with E-state index in [2.05, 4.69) is 36.4 Å². The average molecular weight is 274 g/mol. The Kier molecular flexibility index (Phi) is 2.82. The smallest absolute Gasteiger partial charge is 0.154 e. The van der Waals surface area contributed by atoms with Gasteiger partial charge in [0, 0.05) is 5.39 Å². The Hall–Kier alpha value is -2.81. The van der Waals surface area contributed by atoms with Crippen molar-refractivity contribution in [2.24, 2.45) is 0 Å². The highest BCUT2D eigenvalue weighted by atomic mass is 16.3. The third-order valence-corrected chi connectivity index (χ3v) is 3.59. The van der Waals surface area contributed by atoms with Gasteiger partial charge in [0.1, 0.15) is 5.69 Å². The molecule has 0 aliphatic carbocycles.